The summed E-state index contributed by atoms with van der Waals surface area (Å²) in [6.45, 7) is 4.75. The molecule has 2 aromatic heterocycles. The summed E-state index contributed by atoms with van der Waals surface area (Å²) in [7, 11) is 0. The molecule has 8 heteroatoms. The Labute approximate surface area is 215 Å². The molecular formula is C27H30ClN5OS. The van der Waals surface area contributed by atoms with Gasteiger partial charge in [-0.25, -0.2) is 4.98 Å². The molecule has 0 radical (unpaired) electrons. The topological polar surface area (TPSA) is 63.9 Å². The first-order valence-electron chi connectivity index (χ1n) is 12.3. The first-order chi connectivity index (χ1) is 17.1. The van der Waals surface area contributed by atoms with Crippen LogP contribution in [0.15, 0.2) is 53.7 Å². The van der Waals surface area contributed by atoms with Crippen molar-refractivity contribution in [3.05, 3.63) is 59.1 Å². The van der Waals surface area contributed by atoms with Gasteiger partial charge in [-0.3, -0.25) is 4.79 Å². The molecule has 0 bridgehead atoms. The van der Waals surface area contributed by atoms with Gasteiger partial charge in [0.25, 0.3) is 0 Å². The lowest BCUT2D eigenvalue weighted by molar-refractivity contribution is -0.132. The number of piperidine rings is 1. The Hall–Kier alpha value is -2.64. The number of para-hydroxylation sites is 1. The van der Waals surface area contributed by atoms with Crippen molar-refractivity contribution in [2.75, 3.05) is 18.8 Å². The molecule has 5 rings (SSSR count). The van der Waals surface area contributed by atoms with Gasteiger partial charge in [-0.1, -0.05) is 60.6 Å². The van der Waals surface area contributed by atoms with E-state index >= 15 is 0 Å². The highest BCUT2D eigenvalue weighted by molar-refractivity contribution is 7.99. The van der Waals surface area contributed by atoms with Crippen LogP contribution in [-0.2, 0) is 11.3 Å². The fourth-order valence-corrected chi connectivity index (χ4v) is 5.68. The number of aromatic nitrogens is 4. The highest BCUT2D eigenvalue weighted by atomic mass is 35.5. The minimum atomic E-state index is 0.298. The van der Waals surface area contributed by atoms with Gasteiger partial charge in [-0.15, -0.1) is 10.2 Å². The van der Waals surface area contributed by atoms with E-state index in [1.807, 2.05) is 35.2 Å². The van der Waals surface area contributed by atoms with Crippen LogP contribution in [0.4, 0.5) is 0 Å². The lowest BCUT2D eigenvalue weighted by atomic mass is 9.99. The van der Waals surface area contributed by atoms with Crippen LogP contribution in [0, 0.1) is 5.92 Å². The van der Waals surface area contributed by atoms with E-state index in [-0.39, 0.29) is 0 Å². The van der Waals surface area contributed by atoms with E-state index in [0.29, 0.717) is 24.0 Å². The van der Waals surface area contributed by atoms with Gasteiger partial charge in [-0.2, -0.15) is 0 Å². The smallest absolute Gasteiger partial charge is 0.222 e. The van der Waals surface area contributed by atoms with Crippen LogP contribution in [0.5, 0.6) is 0 Å². The summed E-state index contributed by atoms with van der Waals surface area (Å²) < 4.78 is 2.19. The maximum Gasteiger partial charge on any atom is 0.222 e. The predicted molar refractivity (Wildman–Crippen MR) is 143 cm³/mol. The summed E-state index contributed by atoms with van der Waals surface area (Å²) in [4.78, 5) is 19.4. The number of rotatable bonds is 8. The summed E-state index contributed by atoms with van der Waals surface area (Å²) >= 11 is 7.83. The lowest BCUT2D eigenvalue weighted by Gasteiger charge is -2.30. The predicted octanol–water partition coefficient (Wildman–Crippen LogP) is 6.20. The molecule has 6 nitrogen and oxygen atoms in total. The number of hydrogen-bond acceptors (Lipinski definition) is 5. The van der Waals surface area contributed by atoms with E-state index in [1.165, 1.54) is 0 Å². The molecule has 1 aliphatic heterocycles. The first-order valence-corrected chi connectivity index (χ1v) is 13.7. The summed E-state index contributed by atoms with van der Waals surface area (Å²) in [5.74, 6) is 1.91. The van der Waals surface area contributed by atoms with E-state index in [2.05, 4.69) is 39.9 Å². The molecule has 0 N–H and O–H groups in total. The monoisotopic (exact) mass is 507 g/mol. The number of thioether (sulfide) groups is 1. The first kappa shape index (κ1) is 24.1. The minimum absolute atomic E-state index is 0.298. The summed E-state index contributed by atoms with van der Waals surface area (Å²) in [5.41, 5.74) is 3.84. The molecule has 1 aliphatic rings. The fraction of sp³-hybridized carbons (Fsp3) is 0.407. The van der Waals surface area contributed by atoms with Crippen LogP contribution >= 0.6 is 23.4 Å². The van der Waals surface area contributed by atoms with E-state index in [1.54, 1.807) is 11.8 Å². The third-order valence-electron chi connectivity index (χ3n) is 6.74. The second-order valence-corrected chi connectivity index (χ2v) is 10.9. The third-order valence-corrected chi connectivity index (χ3v) is 7.90. The number of fused-ring (bicyclic) bond motifs is 3. The van der Waals surface area contributed by atoms with Gasteiger partial charge in [0.2, 0.25) is 11.1 Å². The molecule has 0 atom stereocenters. The molecule has 2 aromatic carbocycles. The number of carbonyl (C=O) groups excluding carboxylic acids is 1. The Morgan fingerprint density at radius 3 is 2.74 bits per heavy atom. The number of hydrogen-bond donors (Lipinski definition) is 0. The molecule has 35 heavy (non-hydrogen) atoms. The van der Waals surface area contributed by atoms with Crippen LogP contribution < -0.4 is 0 Å². The summed E-state index contributed by atoms with van der Waals surface area (Å²) in [5, 5.41) is 11.4. The molecule has 4 aromatic rings. The molecule has 0 saturated carbocycles. The van der Waals surface area contributed by atoms with Crippen LogP contribution in [-0.4, -0.2) is 49.4 Å². The van der Waals surface area contributed by atoms with Crippen molar-refractivity contribution in [1.29, 1.82) is 0 Å². The Balaban J connectivity index is 1.25. The number of halogens is 1. The van der Waals surface area contributed by atoms with Crippen molar-refractivity contribution in [2.45, 2.75) is 50.7 Å². The second kappa shape index (κ2) is 11.0. The van der Waals surface area contributed by atoms with E-state index < -0.39 is 0 Å². The van der Waals surface area contributed by atoms with Crippen molar-refractivity contribution in [3.8, 4) is 0 Å². The van der Waals surface area contributed by atoms with Crippen molar-refractivity contribution in [2.24, 2.45) is 5.92 Å². The van der Waals surface area contributed by atoms with E-state index in [9.17, 15) is 4.79 Å². The van der Waals surface area contributed by atoms with Crippen LogP contribution in [0.25, 0.3) is 22.1 Å². The highest BCUT2D eigenvalue weighted by Gasteiger charge is 2.20. The molecule has 1 fully saturated rings. The van der Waals surface area contributed by atoms with Crippen molar-refractivity contribution < 1.29 is 4.79 Å². The molecule has 0 spiro atoms. The number of nitrogens with zero attached hydrogens (tertiary/aromatic N) is 5. The Bertz CT molecular complexity index is 1330. The van der Waals surface area contributed by atoms with Gasteiger partial charge in [0.1, 0.15) is 5.52 Å². The van der Waals surface area contributed by atoms with Crippen LogP contribution in [0.2, 0.25) is 5.02 Å². The van der Waals surface area contributed by atoms with Gasteiger partial charge < -0.3 is 9.47 Å². The zero-order valence-corrected chi connectivity index (χ0v) is 21.6. The van der Waals surface area contributed by atoms with Crippen molar-refractivity contribution >= 4 is 51.3 Å². The van der Waals surface area contributed by atoms with Gasteiger partial charge >= 0.3 is 0 Å². The van der Waals surface area contributed by atoms with Crippen LogP contribution in [0.3, 0.4) is 0 Å². The normalized spacial score (nSPS) is 14.7. The Morgan fingerprint density at radius 2 is 1.91 bits per heavy atom. The van der Waals surface area contributed by atoms with Gasteiger partial charge in [-0.05, 0) is 55.4 Å². The highest BCUT2D eigenvalue weighted by Crippen LogP contribution is 2.28. The largest absolute Gasteiger partial charge is 0.343 e. The minimum Gasteiger partial charge on any atom is -0.343 e. The molecule has 3 heterocycles. The van der Waals surface area contributed by atoms with Crippen molar-refractivity contribution in [3.63, 3.8) is 0 Å². The zero-order chi connectivity index (χ0) is 24.2. The van der Waals surface area contributed by atoms with Gasteiger partial charge in [0.15, 0.2) is 5.65 Å². The maximum atomic E-state index is 12.5. The molecule has 0 unspecified atom stereocenters. The summed E-state index contributed by atoms with van der Waals surface area (Å²) in [6, 6.07) is 16.1. The molecule has 0 aliphatic carbocycles. The molecular weight excluding hydrogens is 478 g/mol. The number of amides is 1. The Kier molecular flexibility index (Phi) is 7.54. The standard InChI is InChI=1S/C27H30ClN5OS/c1-19-12-14-32(15-13-19)24(34)11-4-5-16-35-27-29-26-25(30-31-27)22-9-2-3-10-23(22)33(26)18-20-7-6-8-21(28)17-20/h2-3,6-10,17,19H,4-5,11-16,18H2,1H3. The van der Waals surface area contributed by atoms with Crippen LogP contribution in [0.1, 0.15) is 44.6 Å². The van der Waals surface area contributed by atoms with E-state index in [4.69, 9.17) is 16.6 Å². The third kappa shape index (κ3) is 5.62. The maximum absolute atomic E-state index is 12.5. The number of unbranched alkanes of at least 4 members (excludes halogenated alkanes) is 1. The van der Waals surface area contributed by atoms with Gasteiger partial charge in [0.05, 0.1) is 5.52 Å². The molecule has 182 valence electrons. The number of likely N-dealkylation sites (tertiary alicyclic amines) is 1. The van der Waals surface area contributed by atoms with E-state index in [0.717, 1.165) is 83.1 Å². The molecule has 1 amide bonds. The molecule has 1 saturated heterocycles. The summed E-state index contributed by atoms with van der Waals surface area (Å²) in [6.07, 6.45) is 4.72. The average molecular weight is 508 g/mol. The SMILES string of the molecule is CC1CCN(C(=O)CCCCSc2nnc3c4ccccc4n(Cc4cccc(Cl)c4)c3n2)CC1. The number of benzene rings is 2. The lowest BCUT2D eigenvalue weighted by Crippen LogP contribution is -2.37. The zero-order valence-electron chi connectivity index (χ0n) is 20.0. The Morgan fingerprint density at radius 1 is 1.09 bits per heavy atom. The van der Waals surface area contributed by atoms with Gasteiger partial charge in [0, 0.05) is 42.2 Å². The number of carbonyl (C=O) groups is 1. The quantitative estimate of drug-likeness (QED) is 0.210. The fourth-order valence-electron chi connectivity index (χ4n) is 4.69. The van der Waals surface area contributed by atoms with Crippen molar-refractivity contribution in [1.82, 2.24) is 24.6 Å². The second-order valence-electron chi connectivity index (χ2n) is 9.37. The average Bonchev–Trinajstić information content (AvgIpc) is 3.17.